The molecule has 2 heterocycles. The Balaban J connectivity index is 1.51. The number of carbonyl (C=O) groups excluding carboxylic acids is 1. The van der Waals surface area contributed by atoms with Crippen molar-refractivity contribution in [2.75, 3.05) is 50.5 Å². The van der Waals surface area contributed by atoms with Crippen molar-refractivity contribution in [2.24, 2.45) is 0 Å². The molecule has 17 heteroatoms. The summed E-state index contributed by atoms with van der Waals surface area (Å²) in [6.45, 7) is 5.44. The normalized spacial score (nSPS) is 14.5. The van der Waals surface area contributed by atoms with Crippen molar-refractivity contribution < 1.29 is 35.3 Å². The maximum Gasteiger partial charge on any atom is 0.422 e. The Kier molecular flexibility index (Phi) is 11.6. The Hall–Kier alpha value is -3.70. The van der Waals surface area contributed by atoms with Gasteiger partial charge in [0.2, 0.25) is 5.75 Å². The second kappa shape index (κ2) is 15.0. The highest BCUT2D eigenvalue weighted by atomic mass is 35.5. The zero-order valence-electron chi connectivity index (χ0n) is 26.5. The van der Waals surface area contributed by atoms with Crippen LogP contribution < -0.4 is 19.9 Å². The summed E-state index contributed by atoms with van der Waals surface area (Å²) in [6.07, 6.45) is 2.25. The number of nitrogens with zero attached hydrogens (tertiary/aromatic N) is 4. The average molecular weight is 712 g/mol. The highest BCUT2D eigenvalue weighted by Gasteiger charge is 2.32. The zero-order chi connectivity index (χ0) is 34.4. The van der Waals surface area contributed by atoms with Gasteiger partial charge in [-0.05, 0) is 56.5 Å². The molecule has 0 radical (unpaired) electrons. The van der Waals surface area contributed by atoms with Gasteiger partial charge in [-0.25, -0.2) is 9.52 Å². The monoisotopic (exact) mass is 711 g/mol. The maximum absolute atomic E-state index is 13.8. The Morgan fingerprint density at radius 3 is 2.21 bits per heavy atom. The Bertz CT molecular complexity index is 1850. The number of benzene rings is 2. The second-order valence-corrected chi connectivity index (χ2v) is 15.5. The number of rotatable bonds is 12. The van der Waals surface area contributed by atoms with E-state index in [9.17, 15) is 26.4 Å². The molecule has 0 spiro atoms. The first-order valence-corrected chi connectivity index (χ1v) is 18.3. The van der Waals surface area contributed by atoms with Gasteiger partial charge in [0.15, 0.2) is 0 Å². The molecule has 1 saturated heterocycles. The van der Waals surface area contributed by atoms with Gasteiger partial charge in [-0.1, -0.05) is 41.9 Å². The molecule has 1 N–H and O–H groups in total. The molecular formula is C30H38ClN5O9S2. The molecule has 47 heavy (non-hydrogen) atoms. The van der Waals surface area contributed by atoms with E-state index in [0.717, 1.165) is 21.7 Å². The van der Waals surface area contributed by atoms with E-state index in [-0.39, 0.29) is 45.1 Å². The lowest BCUT2D eigenvalue weighted by Crippen LogP contribution is -2.53. The van der Waals surface area contributed by atoms with Crippen LogP contribution in [0.5, 0.6) is 5.75 Å². The fraction of sp³-hybridized carbons (Fsp3) is 0.433. The van der Waals surface area contributed by atoms with Crippen LogP contribution in [-0.2, 0) is 42.1 Å². The number of halogens is 1. The predicted octanol–water partition coefficient (Wildman–Crippen LogP) is 2.92. The van der Waals surface area contributed by atoms with Crippen molar-refractivity contribution in [3.8, 4) is 11.4 Å². The summed E-state index contributed by atoms with van der Waals surface area (Å²) in [5, 5.41) is 4.77. The Morgan fingerprint density at radius 1 is 0.957 bits per heavy atom. The van der Waals surface area contributed by atoms with Crippen molar-refractivity contribution in [1.29, 1.82) is 0 Å². The van der Waals surface area contributed by atoms with Gasteiger partial charge in [0.1, 0.15) is 11.3 Å². The molecule has 1 aromatic heterocycles. The Labute approximate surface area is 279 Å². The molecule has 256 valence electrons. The van der Waals surface area contributed by atoms with E-state index < -0.39 is 37.6 Å². The summed E-state index contributed by atoms with van der Waals surface area (Å²) in [4.78, 5) is 27.7. The smallest absolute Gasteiger partial charge is 0.422 e. The number of hydrogen-bond donors (Lipinski definition) is 1. The van der Waals surface area contributed by atoms with E-state index in [2.05, 4.69) is 5.10 Å². The molecule has 0 saturated carbocycles. The summed E-state index contributed by atoms with van der Waals surface area (Å²) >= 11 is 6.16. The molecule has 0 unspecified atom stereocenters. The first-order chi connectivity index (χ1) is 22.0. The second-order valence-electron chi connectivity index (χ2n) is 11.7. The Morgan fingerprint density at radius 2 is 1.60 bits per heavy atom. The number of amides is 1. The average Bonchev–Trinajstić information content (AvgIpc) is 2.96. The molecule has 3 aromatic rings. The van der Waals surface area contributed by atoms with Crippen LogP contribution in [0.3, 0.4) is 0 Å². The largest absolute Gasteiger partial charge is 0.486 e. The first kappa shape index (κ1) is 36.1. The number of carbonyl (C=O) groups is 1. The van der Waals surface area contributed by atoms with E-state index in [0.29, 0.717) is 29.2 Å². The van der Waals surface area contributed by atoms with E-state index in [1.54, 1.807) is 49.9 Å². The third-order valence-electron chi connectivity index (χ3n) is 6.81. The number of nitrogens with one attached hydrogen (secondary N) is 1. The van der Waals surface area contributed by atoms with Gasteiger partial charge in [-0.3, -0.25) is 8.98 Å². The number of aromatic nitrogens is 2. The molecule has 0 bridgehead atoms. The van der Waals surface area contributed by atoms with Crippen LogP contribution in [0, 0.1) is 0 Å². The molecule has 1 fully saturated rings. The topological polar surface area (TPSA) is 166 Å². The zero-order valence-corrected chi connectivity index (χ0v) is 28.9. The summed E-state index contributed by atoms with van der Waals surface area (Å²) in [6, 6.07) is 14.2. The van der Waals surface area contributed by atoms with Crippen LogP contribution >= 0.6 is 11.6 Å². The minimum atomic E-state index is -4.17. The van der Waals surface area contributed by atoms with Gasteiger partial charge >= 0.3 is 21.9 Å². The van der Waals surface area contributed by atoms with Crippen LogP contribution in [0.2, 0.25) is 5.02 Å². The molecule has 1 amide bonds. The highest BCUT2D eigenvalue weighted by molar-refractivity contribution is 7.87. The lowest BCUT2D eigenvalue weighted by atomic mass is 10.1. The quantitative estimate of drug-likeness (QED) is 0.275. The molecule has 1 aliphatic rings. The molecule has 0 aliphatic carbocycles. The van der Waals surface area contributed by atoms with Crippen molar-refractivity contribution in [2.45, 2.75) is 39.2 Å². The molecule has 1 aliphatic heterocycles. The van der Waals surface area contributed by atoms with Crippen LogP contribution in [0.1, 0.15) is 31.9 Å². The van der Waals surface area contributed by atoms with Crippen LogP contribution in [0.4, 0.5) is 10.5 Å². The van der Waals surface area contributed by atoms with Crippen molar-refractivity contribution >= 4 is 43.7 Å². The number of anilines is 1. The van der Waals surface area contributed by atoms with Gasteiger partial charge in [0.25, 0.3) is 10.1 Å². The van der Waals surface area contributed by atoms with E-state index in [4.69, 9.17) is 25.3 Å². The van der Waals surface area contributed by atoms with Gasteiger partial charge in [0, 0.05) is 37.6 Å². The molecule has 2 aromatic carbocycles. The summed E-state index contributed by atoms with van der Waals surface area (Å²) < 4.78 is 68.5. The van der Waals surface area contributed by atoms with Gasteiger partial charge in [-0.15, -0.1) is 0 Å². The minimum absolute atomic E-state index is 0.0186. The standard InChI is InChI=1S/C30H38ClN5O9S2/c1-30(2,3)45-29(38)33-47(41,42)35-15-13-34(14-16-35)26-21-32-36(25-10-6-9-24(31)20-25)28(37)27(26)43-17-11-22-7-5-8-23(19-22)12-18-44-46(4,39)40/h5-10,19-21H,11-18H2,1-4H3,(H,33,38). The molecular weight excluding hydrogens is 674 g/mol. The van der Waals surface area contributed by atoms with Gasteiger partial charge in [0.05, 0.1) is 31.4 Å². The van der Waals surface area contributed by atoms with E-state index in [1.807, 2.05) is 29.0 Å². The summed E-state index contributed by atoms with van der Waals surface area (Å²) in [7, 11) is -7.70. The van der Waals surface area contributed by atoms with Crippen molar-refractivity contribution in [3.05, 3.63) is 81.2 Å². The molecule has 4 rings (SSSR count). The number of ether oxygens (including phenoxy) is 2. The van der Waals surface area contributed by atoms with Crippen molar-refractivity contribution in [3.63, 3.8) is 0 Å². The SMILES string of the molecule is CC(C)(C)OC(=O)NS(=O)(=O)N1CCN(c2cnn(-c3cccc(Cl)c3)c(=O)c2OCCc2cccc(CCOS(C)(=O)=O)c2)CC1. The minimum Gasteiger partial charge on any atom is -0.486 e. The van der Waals surface area contributed by atoms with Crippen LogP contribution in [0.25, 0.3) is 5.69 Å². The summed E-state index contributed by atoms with van der Waals surface area (Å²) in [5.74, 6) is 0.0286. The number of hydrogen-bond acceptors (Lipinski definition) is 11. The van der Waals surface area contributed by atoms with Crippen molar-refractivity contribution in [1.82, 2.24) is 18.8 Å². The van der Waals surface area contributed by atoms with Crippen LogP contribution in [0.15, 0.2) is 59.5 Å². The molecule has 0 atom stereocenters. The third-order valence-corrected chi connectivity index (χ3v) is 9.11. The first-order valence-electron chi connectivity index (χ1n) is 14.7. The maximum atomic E-state index is 13.8. The summed E-state index contributed by atoms with van der Waals surface area (Å²) in [5.41, 5.74) is 1.21. The number of piperazine rings is 1. The van der Waals surface area contributed by atoms with Crippen LogP contribution in [-0.4, -0.2) is 88.3 Å². The third kappa shape index (κ3) is 10.7. The highest BCUT2D eigenvalue weighted by Crippen LogP contribution is 2.27. The predicted molar refractivity (Wildman–Crippen MR) is 177 cm³/mol. The lowest BCUT2D eigenvalue weighted by Gasteiger charge is -2.35. The van der Waals surface area contributed by atoms with E-state index in [1.165, 1.54) is 10.9 Å². The van der Waals surface area contributed by atoms with E-state index >= 15 is 0 Å². The van der Waals surface area contributed by atoms with Gasteiger partial charge < -0.3 is 14.4 Å². The fourth-order valence-corrected chi connectivity index (χ4v) is 6.34. The lowest BCUT2D eigenvalue weighted by molar-refractivity contribution is 0.0567. The molecule has 14 nitrogen and oxygen atoms in total. The fourth-order valence-electron chi connectivity index (χ4n) is 4.74. The van der Waals surface area contributed by atoms with Gasteiger partial charge in [-0.2, -0.15) is 30.9 Å².